The lowest BCUT2D eigenvalue weighted by Crippen LogP contribution is -2.23. The molecule has 7 heteroatoms. The largest absolute Gasteiger partial charge is 0.384 e. The molecule has 1 saturated heterocycles. The minimum absolute atomic E-state index is 0.166. The lowest BCUT2D eigenvalue weighted by atomic mass is 10.2. The Balaban J connectivity index is 1.49. The average Bonchev–Trinajstić information content (AvgIpc) is 3.31. The van der Waals surface area contributed by atoms with Gasteiger partial charge in [-0.05, 0) is 44.0 Å². The highest BCUT2D eigenvalue weighted by atomic mass is 16.5. The van der Waals surface area contributed by atoms with Crippen LogP contribution >= 0.6 is 0 Å². The molecular weight excluding hydrogens is 318 g/mol. The zero-order valence-corrected chi connectivity index (χ0v) is 14.7. The molecule has 1 aromatic carbocycles. The lowest BCUT2D eigenvalue weighted by Gasteiger charge is -2.19. The Bertz CT molecular complexity index is 856. The van der Waals surface area contributed by atoms with Crippen molar-refractivity contribution in [2.75, 3.05) is 20.3 Å². The fraction of sp³-hybridized carbons (Fsp3) is 0.500. The molecule has 0 spiro atoms. The van der Waals surface area contributed by atoms with Gasteiger partial charge in [-0.1, -0.05) is 11.2 Å². The first kappa shape index (κ1) is 16.2. The van der Waals surface area contributed by atoms with Gasteiger partial charge in [0.1, 0.15) is 5.82 Å². The van der Waals surface area contributed by atoms with E-state index in [2.05, 4.69) is 45.1 Å². The van der Waals surface area contributed by atoms with Gasteiger partial charge >= 0.3 is 0 Å². The SMILES string of the molecule is COCCc1noc([C@@H]2CCCN2Cc2nc3ccc(C)cc3[nH]2)n1. The minimum atomic E-state index is 0.166. The van der Waals surface area contributed by atoms with Crippen molar-refractivity contribution in [1.82, 2.24) is 25.0 Å². The molecule has 0 bridgehead atoms. The smallest absolute Gasteiger partial charge is 0.244 e. The summed E-state index contributed by atoms with van der Waals surface area (Å²) in [6.07, 6.45) is 2.83. The van der Waals surface area contributed by atoms with Crippen LogP contribution in [0.1, 0.15) is 42.0 Å². The number of likely N-dealkylation sites (tertiary alicyclic amines) is 1. The van der Waals surface area contributed by atoms with Crippen LogP contribution < -0.4 is 0 Å². The molecule has 1 N–H and O–H groups in total. The molecule has 1 atom stereocenters. The summed E-state index contributed by atoms with van der Waals surface area (Å²) in [4.78, 5) is 15.0. The topological polar surface area (TPSA) is 80.1 Å². The minimum Gasteiger partial charge on any atom is -0.384 e. The molecule has 1 fully saturated rings. The molecule has 7 nitrogen and oxygen atoms in total. The third kappa shape index (κ3) is 3.43. The summed E-state index contributed by atoms with van der Waals surface area (Å²) in [5.74, 6) is 2.39. The van der Waals surface area contributed by atoms with E-state index in [0.717, 1.165) is 42.8 Å². The number of benzene rings is 1. The van der Waals surface area contributed by atoms with Crippen molar-refractivity contribution < 1.29 is 9.26 Å². The van der Waals surface area contributed by atoms with Crippen LogP contribution in [-0.2, 0) is 17.7 Å². The van der Waals surface area contributed by atoms with Gasteiger partial charge in [0.2, 0.25) is 5.89 Å². The number of rotatable bonds is 6. The summed E-state index contributed by atoms with van der Waals surface area (Å²) < 4.78 is 10.6. The summed E-state index contributed by atoms with van der Waals surface area (Å²) >= 11 is 0. The number of ether oxygens (including phenoxy) is 1. The zero-order chi connectivity index (χ0) is 17.2. The molecule has 132 valence electrons. The number of hydrogen-bond donors (Lipinski definition) is 1. The second-order valence-electron chi connectivity index (χ2n) is 6.62. The van der Waals surface area contributed by atoms with E-state index in [0.29, 0.717) is 24.7 Å². The van der Waals surface area contributed by atoms with E-state index in [1.54, 1.807) is 7.11 Å². The van der Waals surface area contributed by atoms with Crippen molar-refractivity contribution in [3.63, 3.8) is 0 Å². The number of hydrogen-bond acceptors (Lipinski definition) is 6. The molecule has 4 rings (SSSR count). The van der Waals surface area contributed by atoms with Crippen LogP contribution in [0.25, 0.3) is 11.0 Å². The fourth-order valence-corrected chi connectivity index (χ4v) is 3.44. The van der Waals surface area contributed by atoms with Crippen LogP contribution in [0.15, 0.2) is 22.7 Å². The normalized spacial score (nSPS) is 18.4. The van der Waals surface area contributed by atoms with Gasteiger partial charge in [0.25, 0.3) is 0 Å². The lowest BCUT2D eigenvalue weighted by molar-refractivity contribution is 0.195. The monoisotopic (exact) mass is 341 g/mol. The number of aryl methyl sites for hydroxylation is 1. The van der Waals surface area contributed by atoms with Crippen LogP contribution in [0.2, 0.25) is 0 Å². The third-order valence-electron chi connectivity index (χ3n) is 4.70. The average molecular weight is 341 g/mol. The number of aromatic amines is 1. The van der Waals surface area contributed by atoms with E-state index in [1.807, 2.05) is 0 Å². The van der Waals surface area contributed by atoms with Crippen molar-refractivity contribution >= 4 is 11.0 Å². The molecule has 25 heavy (non-hydrogen) atoms. The highest BCUT2D eigenvalue weighted by molar-refractivity contribution is 5.75. The first-order chi connectivity index (χ1) is 12.2. The maximum Gasteiger partial charge on any atom is 0.244 e. The molecule has 3 heterocycles. The Kier molecular flexibility index (Phi) is 4.50. The maximum atomic E-state index is 5.50. The van der Waals surface area contributed by atoms with E-state index in [4.69, 9.17) is 14.2 Å². The molecular formula is C18H23N5O2. The van der Waals surface area contributed by atoms with Crippen LogP contribution in [0.3, 0.4) is 0 Å². The summed E-state index contributed by atoms with van der Waals surface area (Å²) in [6.45, 7) is 4.46. The van der Waals surface area contributed by atoms with Crippen molar-refractivity contribution in [1.29, 1.82) is 0 Å². The number of methoxy groups -OCH3 is 1. The Hall–Kier alpha value is -2.25. The van der Waals surface area contributed by atoms with Crippen LogP contribution in [0.5, 0.6) is 0 Å². The molecule has 0 radical (unpaired) electrons. The maximum absolute atomic E-state index is 5.50. The van der Waals surface area contributed by atoms with Gasteiger partial charge < -0.3 is 14.2 Å². The number of nitrogens with zero attached hydrogens (tertiary/aromatic N) is 4. The summed E-state index contributed by atoms with van der Waals surface area (Å²) in [6, 6.07) is 6.45. The molecule has 1 aliphatic heterocycles. The van der Waals surface area contributed by atoms with Gasteiger partial charge in [0, 0.05) is 13.5 Å². The van der Waals surface area contributed by atoms with E-state index < -0.39 is 0 Å². The first-order valence-electron chi connectivity index (χ1n) is 8.73. The van der Waals surface area contributed by atoms with Crippen molar-refractivity contribution in [2.24, 2.45) is 0 Å². The summed E-state index contributed by atoms with van der Waals surface area (Å²) in [7, 11) is 1.68. The Morgan fingerprint density at radius 2 is 2.28 bits per heavy atom. The molecule has 2 aromatic heterocycles. The van der Waals surface area contributed by atoms with E-state index in [1.165, 1.54) is 5.56 Å². The highest BCUT2D eigenvalue weighted by Gasteiger charge is 2.31. The van der Waals surface area contributed by atoms with E-state index in [-0.39, 0.29) is 6.04 Å². The zero-order valence-electron chi connectivity index (χ0n) is 14.7. The molecule has 3 aromatic rings. The summed E-state index contributed by atoms with van der Waals surface area (Å²) in [5.41, 5.74) is 3.33. The van der Waals surface area contributed by atoms with Crippen LogP contribution in [0.4, 0.5) is 0 Å². The van der Waals surface area contributed by atoms with Crippen LogP contribution in [-0.4, -0.2) is 45.3 Å². The Morgan fingerprint density at radius 3 is 3.16 bits per heavy atom. The van der Waals surface area contributed by atoms with Gasteiger partial charge in [-0.25, -0.2) is 4.98 Å². The second kappa shape index (κ2) is 6.93. The van der Waals surface area contributed by atoms with Crippen molar-refractivity contribution in [3.05, 3.63) is 41.3 Å². The van der Waals surface area contributed by atoms with Gasteiger partial charge in [-0.2, -0.15) is 4.98 Å². The molecule has 0 amide bonds. The predicted molar refractivity (Wildman–Crippen MR) is 93.1 cm³/mol. The summed E-state index contributed by atoms with van der Waals surface area (Å²) in [5, 5.41) is 4.07. The molecule has 0 saturated carbocycles. The standard InChI is InChI=1S/C18H23N5O2/c1-12-5-6-13-14(10-12)20-17(19-13)11-23-8-3-4-15(23)18-21-16(22-25-18)7-9-24-2/h5-6,10,15H,3-4,7-9,11H2,1-2H3,(H,19,20)/t15-/m0/s1. The van der Waals surface area contributed by atoms with Gasteiger partial charge in [0.15, 0.2) is 5.82 Å². The quantitative estimate of drug-likeness (QED) is 0.742. The van der Waals surface area contributed by atoms with Gasteiger partial charge in [-0.3, -0.25) is 4.90 Å². The molecule has 0 aliphatic carbocycles. The predicted octanol–water partition coefficient (Wildman–Crippen LogP) is 2.78. The van der Waals surface area contributed by atoms with Crippen molar-refractivity contribution in [3.8, 4) is 0 Å². The molecule has 1 aliphatic rings. The van der Waals surface area contributed by atoms with Crippen LogP contribution in [0, 0.1) is 6.92 Å². The second-order valence-corrected chi connectivity index (χ2v) is 6.62. The Labute approximate surface area is 146 Å². The fourth-order valence-electron chi connectivity index (χ4n) is 3.44. The van der Waals surface area contributed by atoms with Crippen molar-refractivity contribution in [2.45, 2.75) is 38.8 Å². The number of H-pyrrole nitrogens is 1. The number of imidazole rings is 1. The third-order valence-corrected chi connectivity index (χ3v) is 4.70. The van der Waals surface area contributed by atoms with Gasteiger partial charge in [0.05, 0.1) is 30.2 Å². The Morgan fingerprint density at radius 1 is 1.36 bits per heavy atom. The van der Waals surface area contributed by atoms with Gasteiger partial charge in [-0.15, -0.1) is 0 Å². The number of nitrogens with one attached hydrogen (secondary N) is 1. The van der Waals surface area contributed by atoms with E-state index in [9.17, 15) is 0 Å². The first-order valence-corrected chi connectivity index (χ1v) is 8.73. The number of fused-ring (bicyclic) bond motifs is 1. The highest BCUT2D eigenvalue weighted by Crippen LogP contribution is 2.32. The van der Waals surface area contributed by atoms with E-state index >= 15 is 0 Å². The molecule has 0 unspecified atom stereocenters. The number of aromatic nitrogens is 4.